The van der Waals surface area contributed by atoms with Gasteiger partial charge in [0.1, 0.15) is 35.4 Å². The number of benzene rings is 3. The number of halogens is 2. The minimum absolute atomic E-state index is 0.100. The van der Waals surface area contributed by atoms with E-state index in [2.05, 4.69) is 21.3 Å². The lowest BCUT2D eigenvalue weighted by Gasteiger charge is -2.32. The molecule has 2 fully saturated rings. The smallest absolute Gasteiger partial charge is 0.245 e. The van der Waals surface area contributed by atoms with Gasteiger partial charge in [0.15, 0.2) is 0 Å². The topological polar surface area (TPSA) is 159 Å². The van der Waals surface area contributed by atoms with Crippen molar-refractivity contribution in [3.8, 4) is 22.8 Å². The van der Waals surface area contributed by atoms with Gasteiger partial charge in [-0.15, -0.1) is 0 Å². The van der Waals surface area contributed by atoms with Gasteiger partial charge in [-0.1, -0.05) is 45.9 Å². The molecular formula is C46H58F2N10O4. The molecule has 330 valence electrons. The standard InChI is InChI=1S/C46H58F2N10O4/c1-27(2)41(53-39(59)23-49-5)45(61)55-18-8-12-33(55)25-57-37-16-14-31(47)21-35(37)51-43(57)29-10-7-11-30(20-29)44-52-36-22-32(48)15-17-38(36)58(44)26-34-13-9-19-56(34)46(62)42(28(3)4)54-40(60)24-50-6/h7,10-11,14-17,20-22,27-28,33-34,41-42,49-50H,8-9,12-13,18-19,23-26H2,1-6H3,(H,53,59)(H,54,60). The Morgan fingerprint density at radius 3 is 1.45 bits per heavy atom. The van der Waals surface area contributed by atoms with Gasteiger partial charge in [0.2, 0.25) is 23.6 Å². The highest BCUT2D eigenvalue weighted by Crippen LogP contribution is 2.34. The van der Waals surface area contributed by atoms with E-state index in [0.29, 0.717) is 59.9 Å². The third-order valence-corrected chi connectivity index (χ3v) is 12.1. The number of likely N-dealkylation sites (N-methyl/N-ethyl adjacent to an activating group) is 2. The Hall–Kier alpha value is -5.74. The summed E-state index contributed by atoms with van der Waals surface area (Å²) in [5.74, 6) is -0.723. The number of aromatic nitrogens is 4. The van der Waals surface area contributed by atoms with Gasteiger partial charge in [0.25, 0.3) is 0 Å². The zero-order valence-corrected chi connectivity index (χ0v) is 36.4. The van der Waals surface area contributed by atoms with Crippen molar-refractivity contribution in [3.63, 3.8) is 0 Å². The SMILES string of the molecule is CNCC(=O)NC(C(=O)N1CCCC1Cn1c(-c2cccc(-c3nc4cc(F)ccc4n3CC3CCCN3C(=O)C(NC(=O)CNC)C(C)C)c2)nc2cc(F)ccc21)C(C)C. The largest absolute Gasteiger partial charge is 0.343 e. The van der Waals surface area contributed by atoms with Crippen LogP contribution in [-0.4, -0.2) is 117 Å². The number of amides is 4. The monoisotopic (exact) mass is 852 g/mol. The van der Waals surface area contributed by atoms with Crippen LogP contribution in [0.3, 0.4) is 0 Å². The number of fused-ring (bicyclic) bond motifs is 2. The number of imidazole rings is 2. The van der Waals surface area contributed by atoms with Crippen molar-refractivity contribution >= 4 is 45.7 Å². The van der Waals surface area contributed by atoms with E-state index in [1.54, 1.807) is 26.2 Å². The number of carbonyl (C=O) groups excluding carboxylic acids is 4. The quantitative estimate of drug-likeness (QED) is 0.111. The predicted octanol–water partition coefficient (Wildman–Crippen LogP) is 4.70. The van der Waals surface area contributed by atoms with Crippen LogP contribution in [-0.2, 0) is 32.3 Å². The van der Waals surface area contributed by atoms with E-state index in [1.165, 1.54) is 24.3 Å². The molecule has 2 aromatic heterocycles. The summed E-state index contributed by atoms with van der Waals surface area (Å²) in [7, 11) is 3.37. The number of rotatable bonds is 16. The zero-order chi connectivity index (χ0) is 44.2. The van der Waals surface area contributed by atoms with Gasteiger partial charge in [-0.25, -0.2) is 18.7 Å². The third kappa shape index (κ3) is 9.36. The summed E-state index contributed by atoms with van der Waals surface area (Å²) in [5.41, 5.74) is 3.82. The second-order valence-electron chi connectivity index (χ2n) is 17.2. The summed E-state index contributed by atoms with van der Waals surface area (Å²) in [6.45, 7) is 9.74. The van der Waals surface area contributed by atoms with Crippen LogP contribution in [0.15, 0.2) is 60.7 Å². The van der Waals surface area contributed by atoms with E-state index in [0.717, 1.165) is 36.8 Å². The number of nitrogens with zero attached hydrogens (tertiary/aromatic N) is 6. The second kappa shape index (κ2) is 19.1. The minimum atomic E-state index is -0.691. The lowest BCUT2D eigenvalue weighted by Crippen LogP contribution is -2.54. The summed E-state index contributed by atoms with van der Waals surface area (Å²) in [6, 6.07) is 15.0. The van der Waals surface area contributed by atoms with E-state index in [9.17, 15) is 28.0 Å². The highest BCUT2D eigenvalue weighted by Gasteiger charge is 2.38. The van der Waals surface area contributed by atoms with E-state index < -0.39 is 23.7 Å². The van der Waals surface area contributed by atoms with Crippen LogP contribution in [0.1, 0.15) is 53.4 Å². The molecule has 0 saturated carbocycles. The Morgan fingerprint density at radius 1 is 0.645 bits per heavy atom. The van der Waals surface area contributed by atoms with Gasteiger partial charge in [-0.3, -0.25) is 19.2 Å². The van der Waals surface area contributed by atoms with E-state index in [-0.39, 0.29) is 60.6 Å². The average molecular weight is 853 g/mol. The van der Waals surface area contributed by atoms with Crippen molar-refractivity contribution in [2.45, 2.75) is 90.6 Å². The maximum absolute atomic E-state index is 14.7. The van der Waals surface area contributed by atoms with Crippen LogP contribution >= 0.6 is 0 Å². The van der Waals surface area contributed by atoms with Crippen LogP contribution in [0.25, 0.3) is 44.8 Å². The molecule has 16 heteroatoms. The van der Waals surface area contributed by atoms with Gasteiger partial charge in [0, 0.05) is 61.5 Å². The second-order valence-corrected chi connectivity index (χ2v) is 17.2. The number of carbonyl (C=O) groups is 4. The Bertz CT molecular complexity index is 2280. The molecule has 7 rings (SSSR count). The van der Waals surface area contributed by atoms with E-state index in [4.69, 9.17) is 9.97 Å². The first kappa shape index (κ1) is 44.3. The summed E-state index contributed by atoms with van der Waals surface area (Å²) in [4.78, 5) is 67.1. The molecule has 14 nitrogen and oxygen atoms in total. The Balaban J connectivity index is 1.24. The predicted molar refractivity (Wildman–Crippen MR) is 235 cm³/mol. The fourth-order valence-corrected chi connectivity index (χ4v) is 9.02. The van der Waals surface area contributed by atoms with Crippen LogP contribution in [0.5, 0.6) is 0 Å². The fourth-order valence-electron chi connectivity index (χ4n) is 9.02. The summed E-state index contributed by atoms with van der Waals surface area (Å²) >= 11 is 0. The molecule has 4 N–H and O–H groups in total. The van der Waals surface area contributed by atoms with Crippen molar-refractivity contribution in [1.82, 2.24) is 50.2 Å². The molecule has 0 radical (unpaired) electrons. The van der Waals surface area contributed by atoms with Crippen LogP contribution in [0.4, 0.5) is 8.78 Å². The molecule has 2 aliphatic heterocycles. The van der Waals surface area contributed by atoms with Gasteiger partial charge in [-0.05, 0) is 81.9 Å². The molecule has 4 unspecified atom stereocenters. The average Bonchev–Trinajstić information content (AvgIpc) is 4.05. The van der Waals surface area contributed by atoms with Crippen LogP contribution in [0, 0.1) is 23.5 Å². The van der Waals surface area contributed by atoms with E-state index in [1.807, 2.05) is 70.9 Å². The van der Waals surface area contributed by atoms with Crippen molar-refractivity contribution in [1.29, 1.82) is 0 Å². The number of likely N-dealkylation sites (tertiary alicyclic amines) is 2. The van der Waals surface area contributed by atoms with Crippen LogP contribution in [0.2, 0.25) is 0 Å². The van der Waals surface area contributed by atoms with Crippen LogP contribution < -0.4 is 21.3 Å². The number of nitrogens with one attached hydrogen (secondary N) is 4. The molecule has 2 aliphatic rings. The normalized spacial score (nSPS) is 17.7. The van der Waals surface area contributed by atoms with Crippen molar-refractivity contribution < 1.29 is 28.0 Å². The van der Waals surface area contributed by atoms with Crippen molar-refractivity contribution in [2.24, 2.45) is 11.8 Å². The Labute approximate surface area is 360 Å². The first-order chi connectivity index (χ1) is 29.8. The van der Waals surface area contributed by atoms with Crippen molar-refractivity contribution in [3.05, 3.63) is 72.3 Å². The molecule has 0 aliphatic carbocycles. The van der Waals surface area contributed by atoms with E-state index >= 15 is 0 Å². The lowest BCUT2D eigenvalue weighted by molar-refractivity contribution is -0.138. The van der Waals surface area contributed by atoms with Gasteiger partial charge >= 0.3 is 0 Å². The zero-order valence-electron chi connectivity index (χ0n) is 36.4. The molecular weight excluding hydrogens is 795 g/mol. The highest BCUT2D eigenvalue weighted by atomic mass is 19.1. The number of hydrogen-bond acceptors (Lipinski definition) is 8. The molecule has 4 heterocycles. The van der Waals surface area contributed by atoms with Gasteiger partial charge < -0.3 is 40.2 Å². The molecule has 62 heavy (non-hydrogen) atoms. The molecule has 0 bridgehead atoms. The highest BCUT2D eigenvalue weighted by molar-refractivity contribution is 5.90. The molecule has 4 atom stereocenters. The summed E-state index contributed by atoms with van der Waals surface area (Å²) < 4.78 is 33.5. The minimum Gasteiger partial charge on any atom is -0.343 e. The Morgan fingerprint density at radius 2 is 1.06 bits per heavy atom. The number of hydrogen-bond donors (Lipinski definition) is 4. The molecule has 5 aromatic rings. The van der Waals surface area contributed by atoms with Gasteiger partial charge in [-0.2, -0.15) is 0 Å². The van der Waals surface area contributed by atoms with Crippen molar-refractivity contribution in [2.75, 3.05) is 40.3 Å². The first-order valence-electron chi connectivity index (χ1n) is 21.7. The maximum atomic E-state index is 14.7. The fraction of sp³-hybridized carbons (Fsp3) is 0.478. The first-order valence-corrected chi connectivity index (χ1v) is 21.7. The van der Waals surface area contributed by atoms with Gasteiger partial charge in [0.05, 0.1) is 35.2 Å². The summed E-state index contributed by atoms with van der Waals surface area (Å²) in [6.07, 6.45) is 3.06. The molecule has 0 spiro atoms. The lowest BCUT2D eigenvalue weighted by atomic mass is 10.0. The summed E-state index contributed by atoms with van der Waals surface area (Å²) in [5, 5.41) is 11.5. The maximum Gasteiger partial charge on any atom is 0.245 e. The molecule has 4 amide bonds. The molecule has 2 saturated heterocycles. The third-order valence-electron chi connectivity index (χ3n) is 12.1. The molecule has 3 aromatic carbocycles. The Kier molecular flexibility index (Phi) is 13.7.